The van der Waals surface area contributed by atoms with Gasteiger partial charge in [0.1, 0.15) is 12.4 Å². The molecule has 2 rings (SSSR count). The Morgan fingerprint density at radius 1 is 1.00 bits per heavy atom. The van der Waals surface area contributed by atoms with Gasteiger partial charge in [0.05, 0.1) is 19.1 Å². The first kappa shape index (κ1) is 18.5. The molecule has 0 aliphatic carbocycles. The second-order valence-electron chi connectivity index (χ2n) is 5.29. The van der Waals surface area contributed by atoms with Crippen molar-refractivity contribution in [1.82, 2.24) is 5.32 Å². The smallest absolute Gasteiger partial charge is 0.269 e. The molecule has 0 heterocycles. The lowest BCUT2D eigenvalue weighted by Gasteiger charge is -2.10. The van der Waals surface area contributed by atoms with Crippen LogP contribution in [0.4, 0.5) is 5.69 Å². The van der Waals surface area contributed by atoms with Crippen LogP contribution in [0.25, 0.3) is 0 Å². The van der Waals surface area contributed by atoms with Crippen LogP contribution in [0.3, 0.4) is 0 Å². The predicted molar refractivity (Wildman–Crippen MR) is 94.7 cm³/mol. The van der Waals surface area contributed by atoms with E-state index in [0.29, 0.717) is 18.9 Å². The highest BCUT2D eigenvalue weighted by Crippen LogP contribution is 2.27. The van der Waals surface area contributed by atoms with Crippen molar-refractivity contribution in [3.05, 3.63) is 58.1 Å². The molecule has 0 unspecified atom stereocenters. The van der Waals surface area contributed by atoms with E-state index in [1.807, 2.05) is 18.2 Å². The summed E-state index contributed by atoms with van der Waals surface area (Å²) in [5, 5.41) is 13.9. The Morgan fingerprint density at radius 2 is 1.72 bits per heavy atom. The summed E-state index contributed by atoms with van der Waals surface area (Å²) in [7, 11) is 3.24. The molecule has 0 bridgehead atoms. The zero-order valence-electron chi connectivity index (χ0n) is 14.4. The molecular weight excluding hydrogens is 324 g/mol. The summed E-state index contributed by atoms with van der Waals surface area (Å²) in [4.78, 5) is 10.1. The molecule has 0 radical (unpaired) electrons. The van der Waals surface area contributed by atoms with Crippen molar-refractivity contribution < 1.29 is 19.1 Å². The summed E-state index contributed by atoms with van der Waals surface area (Å²) >= 11 is 0. The Hall–Kier alpha value is -2.80. The molecule has 0 amide bonds. The van der Waals surface area contributed by atoms with Gasteiger partial charge in [0.15, 0.2) is 11.5 Å². The fourth-order valence-electron chi connectivity index (χ4n) is 2.30. The van der Waals surface area contributed by atoms with E-state index in [1.165, 1.54) is 12.1 Å². The molecule has 7 nitrogen and oxygen atoms in total. The Morgan fingerprint density at radius 3 is 2.36 bits per heavy atom. The number of methoxy groups -OCH3 is 2. The quantitative estimate of drug-likeness (QED) is 0.405. The number of nitrogens with one attached hydrogen (secondary N) is 1. The molecule has 134 valence electrons. The minimum atomic E-state index is -0.431. The van der Waals surface area contributed by atoms with Gasteiger partial charge in [-0.05, 0) is 42.8 Å². The average molecular weight is 346 g/mol. The lowest BCUT2D eigenvalue weighted by molar-refractivity contribution is -0.384. The maximum atomic E-state index is 10.6. The Balaban J connectivity index is 1.67. The van der Waals surface area contributed by atoms with E-state index in [1.54, 1.807) is 26.4 Å². The standard InChI is InChI=1S/C18H22N2O5/c1-23-17-8-3-14(13-18(17)24-2)9-10-19-11-12-25-16-6-4-15(5-7-16)20(21)22/h3-8,13,19H,9-12H2,1-2H3. The lowest BCUT2D eigenvalue weighted by Crippen LogP contribution is -2.23. The maximum absolute atomic E-state index is 10.6. The Kier molecular flexibility index (Phi) is 7.03. The Bertz CT molecular complexity index is 688. The maximum Gasteiger partial charge on any atom is 0.269 e. The number of non-ortho nitro benzene ring substituents is 1. The van der Waals surface area contributed by atoms with Gasteiger partial charge < -0.3 is 19.5 Å². The van der Waals surface area contributed by atoms with Gasteiger partial charge in [-0.2, -0.15) is 0 Å². The van der Waals surface area contributed by atoms with E-state index in [9.17, 15) is 10.1 Å². The van der Waals surface area contributed by atoms with Gasteiger partial charge in [-0.25, -0.2) is 0 Å². The van der Waals surface area contributed by atoms with Crippen molar-refractivity contribution in [3.8, 4) is 17.2 Å². The first-order valence-corrected chi connectivity index (χ1v) is 7.93. The first-order valence-electron chi connectivity index (χ1n) is 7.93. The van der Waals surface area contributed by atoms with Crippen molar-refractivity contribution >= 4 is 5.69 Å². The molecule has 25 heavy (non-hydrogen) atoms. The third-order valence-corrected chi connectivity index (χ3v) is 3.63. The molecule has 0 spiro atoms. The summed E-state index contributed by atoms with van der Waals surface area (Å²) in [6, 6.07) is 11.9. The van der Waals surface area contributed by atoms with Crippen molar-refractivity contribution in [2.75, 3.05) is 33.9 Å². The third kappa shape index (κ3) is 5.65. The number of nitro groups is 1. The molecule has 0 aliphatic heterocycles. The van der Waals surface area contributed by atoms with Gasteiger partial charge in [-0.15, -0.1) is 0 Å². The van der Waals surface area contributed by atoms with E-state index in [-0.39, 0.29) is 5.69 Å². The van der Waals surface area contributed by atoms with Gasteiger partial charge >= 0.3 is 0 Å². The zero-order valence-corrected chi connectivity index (χ0v) is 14.4. The normalized spacial score (nSPS) is 10.3. The van der Waals surface area contributed by atoms with Crippen LogP contribution >= 0.6 is 0 Å². The fourth-order valence-corrected chi connectivity index (χ4v) is 2.30. The van der Waals surface area contributed by atoms with Crippen LogP contribution in [0.2, 0.25) is 0 Å². The monoisotopic (exact) mass is 346 g/mol. The van der Waals surface area contributed by atoms with Crippen LogP contribution in [0, 0.1) is 10.1 Å². The van der Waals surface area contributed by atoms with Gasteiger partial charge in [-0.1, -0.05) is 6.07 Å². The molecule has 0 fully saturated rings. The molecule has 0 saturated carbocycles. The van der Waals surface area contributed by atoms with Crippen LogP contribution < -0.4 is 19.5 Å². The summed E-state index contributed by atoms with van der Waals surface area (Å²) in [5.41, 5.74) is 1.21. The van der Waals surface area contributed by atoms with Gasteiger partial charge in [0.25, 0.3) is 5.69 Å². The van der Waals surface area contributed by atoms with Crippen molar-refractivity contribution in [2.24, 2.45) is 0 Å². The molecule has 0 aromatic heterocycles. The van der Waals surface area contributed by atoms with E-state index in [0.717, 1.165) is 30.0 Å². The predicted octanol–water partition coefficient (Wildman–Crippen LogP) is 2.82. The summed E-state index contributed by atoms with van der Waals surface area (Å²) < 4.78 is 16.0. The molecular formula is C18H22N2O5. The van der Waals surface area contributed by atoms with Crippen LogP contribution in [-0.4, -0.2) is 38.8 Å². The molecule has 0 atom stereocenters. The minimum absolute atomic E-state index is 0.0559. The van der Waals surface area contributed by atoms with Crippen LogP contribution in [0.5, 0.6) is 17.2 Å². The van der Waals surface area contributed by atoms with E-state index in [4.69, 9.17) is 14.2 Å². The van der Waals surface area contributed by atoms with Crippen molar-refractivity contribution in [2.45, 2.75) is 6.42 Å². The lowest BCUT2D eigenvalue weighted by atomic mass is 10.1. The highest BCUT2D eigenvalue weighted by atomic mass is 16.6. The number of hydrogen-bond donors (Lipinski definition) is 1. The molecule has 0 aliphatic rings. The first-order chi connectivity index (χ1) is 12.1. The van der Waals surface area contributed by atoms with Gasteiger partial charge in [0.2, 0.25) is 0 Å². The number of ether oxygens (including phenoxy) is 3. The van der Waals surface area contributed by atoms with Crippen LogP contribution in [0.1, 0.15) is 5.56 Å². The van der Waals surface area contributed by atoms with Gasteiger partial charge in [-0.3, -0.25) is 10.1 Å². The molecule has 2 aromatic carbocycles. The fraction of sp³-hybridized carbons (Fsp3) is 0.333. The highest BCUT2D eigenvalue weighted by molar-refractivity contribution is 5.43. The largest absolute Gasteiger partial charge is 0.493 e. The van der Waals surface area contributed by atoms with Crippen molar-refractivity contribution in [3.63, 3.8) is 0 Å². The van der Waals surface area contributed by atoms with E-state index in [2.05, 4.69) is 5.32 Å². The number of rotatable bonds is 10. The SMILES string of the molecule is COc1ccc(CCNCCOc2ccc([N+](=O)[O-])cc2)cc1OC. The van der Waals surface area contributed by atoms with Crippen molar-refractivity contribution in [1.29, 1.82) is 0 Å². The number of nitrogens with zero attached hydrogens (tertiary/aromatic N) is 1. The molecule has 0 saturated heterocycles. The van der Waals surface area contributed by atoms with E-state index >= 15 is 0 Å². The minimum Gasteiger partial charge on any atom is -0.493 e. The molecule has 1 N–H and O–H groups in total. The molecule has 2 aromatic rings. The van der Waals surface area contributed by atoms with Crippen LogP contribution in [0.15, 0.2) is 42.5 Å². The van der Waals surface area contributed by atoms with Crippen LogP contribution in [-0.2, 0) is 6.42 Å². The average Bonchev–Trinajstić information content (AvgIpc) is 2.64. The second kappa shape index (κ2) is 9.48. The van der Waals surface area contributed by atoms with Gasteiger partial charge in [0, 0.05) is 18.7 Å². The molecule has 7 heteroatoms. The highest BCUT2D eigenvalue weighted by Gasteiger charge is 2.05. The third-order valence-electron chi connectivity index (χ3n) is 3.63. The number of hydrogen-bond acceptors (Lipinski definition) is 6. The summed E-state index contributed by atoms with van der Waals surface area (Å²) in [5.74, 6) is 2.06. The topological polar surface area (TPSA) is 82.9 Å². The second-order valence-corrected chi connectivity index (χ2v) is 5.29. The summed E-state index contributed by atoms with van der Waals surface area (Å²) in [6.07, 6.45) is 0.859. The zero-order chi connectivity index (χ0) is 18.1. The Labute approximate surface area is 146 Å². The van der Waals surface area contributed by atoms with E-state index < -0.39 is 4.92 Å². The number of nitro benzene ring substituents is 1. The summed E-state index contributed by atoms with van der Waals surface area (Å²) in [6.45, 7) is 1.98. The number of benzene rings is 2.